The third kappa shape index (κ3) is 3.70. The molecule has 1 saturated heterocycles. The first kappa shape index (κ1) is 18.4. The molecule has 4 rings (SSSR count). The third-order valence-electron chi connectivity index (χ3n) is 5.28. The van der Waals surface area contributed by atoms with Gasteiger partial charge in [0.05, 0.1) is 13.2 Å². The van der Waals surface area contributed by atoms with Gasteiger partial charge in [-0.05, 0) is 55.7 Å². The van der Waals surface area contributed by atoms with Gasteiger partial charge in [0, 0.05) is 18.2 Å². The van der Waals surface area contributed by atoms with E-state index in [2.05, 4.69) is 0 Å². The second-order valence-corrected chi connectivity index (χ2v) is 7.17. The van der Waals surface area contributed by atoms with Gasteiger partial charge in [-0.1, -0.05) is 17.7 Å². The Balaban J connectivity index is 1.53. The van der Waals surface area contributed by atoms with Gasteiger partial charge in [-0.2, -0.15) is 0 Å². The van der Waals surface area contributed by atoms with Crippen molar-refractivity contribution in [1.82, 2.24) is 4.90 Å². The van der Waals surface area contributed by atoms with Crippen LogP contribution in [0.15, 0.2) is 42.5 Å². The van der Waals surface area contributed by atoms with Crippen LogP contribution in [0.2, 0.25) is 0 Å². The maximum Gasteiger partial charge on any atom is 0.247 e. The molecule has 5 nitrogen and oxygen atoms in total. The van der Waals surface area contributed by atoms with E-state index in [0.29, 0.717) is 13.2 Å². The number of nitrogens with zero attached hydrogens (tertiary/aromatic N) is 1. The largest absolute Gasteiger partial charge is 0.496 e. The molecule has 1 fully saturated rings. The first-order valence-corrected chi connectivity index (χ1v) is 9.68. The van der Waals surface area contributed by atoms with E-state index in [9.17, 15) is 4.79 Å². The van der Waals surface area contributed by atoms with E-state index in [1.54, 1.807) is 13.2 Å². The van der Waals surface area contributed by atoms with Gasteiger partial charge in [-0.15, -0.1) is 0 Å². The second-order valence-electron chi connectivity index (χ2n) is 7.17. The van der Waals surface area contributed by atoms with Crippen molar-refractivity contribution in [3.05, 3.63) is 59.2 Å². The number of hydrogen-bond acceptors (Lipinski definition) is 4. The van der Waals surface area contributed by atoms with Crippen LogP contribution in [0.5, 0.6) is 17.2 Å². The lowest BCUT2D eigenvalue weighted by Gasteiger charge is -2.26. The Labute approximate surface area is 165 Å². The molecule has 2 aliphatic rings. The zero-order chi connectivity index (χ0) is 19.5. The molecule has 146 valence electrons. The van der Waals surface area contributed by atoms with Crippen molar-refractivity contribution < 1.29 is 19.0 Å². The molecule has 0 saturated carbocycles. The van der Waals surface area contributed by atoms with Gasteiger partial charge in [-0.3, -0.25) is 4.79 Å². The van der Waals surface area contributed by atoms with E-state index < -0.39 is 0 Å². The SMILES string of the molecule is COc1ccc(C)cc1C=CC(=O)N1CCCC1c1ccc2c(c1)OCCO2. The molecule has 1 amide bonds. The zero-order valence-electron chi connectivity index (χ0n) is 16.3. The lowest BCUT2D eigenvalue weighted by Crippen LogP contribution is -2.29. The van der Waals surface area contributed by atoms with Crippen LogP contribution in [0.4, 0.5) is 0 Å². The highest BCUT2D eigenvalue weighted by Crippen LogP contribution is 2.38. The van der Waals surface area contributed by atoms with E-state index in [4.69, 9.17) is 14.2 Å². The number of fused-ring (bicyclic) bond motifs is 1. The van der Waals surface area contributed by atoms with Crippen molar-refractivity contribution >= 4 is 12.0 Å². The second kappa shape index (κ2) is 7.97. The van der Waals surface area contributed by atoms with Crippen LogP contribution in [-0.2, 0) is 4.79 Å². The summed E-state index contributed by atoms with van der Waals surface area (Å²) < 4.78 is 16.7. The Bertz CT molecular complexity index is 905. The van der Waals surface area contributed by atoms with Crippen molar-refractivity contribution in [3.8, 4) is 17.2 Å². The van der Waals surface area contributed by atoms with Crippen molar-refractivity contribution in [1.29, 1.82) is 0 Å². The molecule has 0 aliphatic carbocycles. The molecule has 0 spiro atoms. The van der Waals surface area contributed by atoms with Crippen molar-refractivity contribution in [3.63, 3.8) is 0 Å². The Morgan fingerprint density at radius 1 is 1.14 bits per heavy atom. The molecule has 0 radical (unpaired) electrons. The first-order chi connectivity index (χ1) is 13.7. The number of carbonyl (C=O) groups excluding carboxylic acids is 1. The molecular weight excluding hydrogens is 354 g/mol. The van der Waals surface area contributed by atoms with Crippen molar-refractivity contribution in [2.45, 2.75) is 25.8 Å². The third-order valence-corrected chi connectivity index (χ3v) is 5.28. The smallest absolute Gasteiger partial charge is 0.247 e. The zero-order valence-corrected chi connectivity index (χ0v) is 16.3. The van der Waals surface area contributed by atoms with Crippen LogP contribution in [0.1, 0.15) is 35.6 Å². The molecule has 2 aliphatic heterocycles. The maximum absolute atomic E-state index is 12.9. The molecule has 28 heavy (non-hydrogen) atoms. The Morgan fingerprint density at radius 3 is 2.79 bits per heavy atom. The van der Waals surface area contributed by atoms with Crippen LogP contribution < -0.4 is 14.2 Å². The topological polar surface area (TPSA) is 48.0 Å². The predicted molar refractivity (Wildman–Crippen MR) is 108 cm³/mol. The van der Waals surface area contributed by atoms with E-state index in [-0.39, 0.29) is 11.9 Å². The highest BCUT2D eigenvalue weighted by Gasteiger charge is 2.29. The highest BCUT2D eigenvalue weighted by molar-refractivity contribution is 5.92. The number of ether oxygens (including phenoxy) is 3. The summed E-state index contributed by atoms with van der Waals surface area (Å²) in [5.74, 6) is 2.32. The minimum absolute atomic E-state index is 0.0148. The summed E-state index contributed by atoms with van der Waals surface area (Å²) in [6, 6.07) is 12.0. The van der Waals surface area contributed by atoms with Gasteiger partial charge in [0.2, 0.25) is 5.91 Å². The predicted octanol–water partition coefficient (Wildman–Crippen LogP) is 4.15. The van der Waals surface area contributed by atoms with Gasteiger partial charge in [0.1, 0.15) is 19.0 Å². The molecule has 1 unspecified atom stereocenters. The number of hydrogen-bond donors (Lipinski definition) is 0. The number of benzene rings is 2. The normalized spacial score (nSPS) is 18.5. The number of likely N-dealkylation sites (tertiary alicyclic amines) is 1. The number of rotatable bonds is 4. The van der Waals surface area contributed by atoms with E-state index in [1.807, 2.05) is 54.3 Å². The molecule has 1 atom stereocenters. The highest BCUT2D eigenvalue weighted by atomic mass is 16.6. The van der Waals surface area contributed by atoms with Crippen LogP contribution in [0.25, 0.3) is 6.08 Å². The quantitative estimate of drug-likeness (QED) is 0.749. The van der Waals surface area contributed by atoms with Gasteiger partial charge in [0.15, 0.2) is 11.5 Å². The molecule has 2 heterocycles. The number of amides is 1. The molecule has 0 bridgehead atoms. The van der Waals surface area contributed by atoms with E-state index in [1.165, 1.54) is 0 Å². The Hall–Kier alpha value is -2.95. The van der Waals surface area contributed by atoms with Gasteiger partial charge in [-0.25, -0.2) is 0 Å². The average molecular weight is 379 g/mol. The Kier molecular flexibility index (Phi) is 5.24. The lowest BCUT2D eigenvalue weighted by molar-refractivity contribution is -0.126. The van der Waals surface area contributed by atoms with Crippen LogP contribution in [0, 0.1) is 6.92 Å². The van der Waals surface area contributed by atoms with Crippen LogP contribution in [-0.4, -0.2) is 37.7 Å². The van der Waals surface area contributed by atoms with Gasteiger partial charge >= 0.3 is 0 Å². The molecular formula is C23H25NO4. The molecule has 5 heteroatoms. The maximum atomic E-state index is 12.9. The summed E-state index contributed by atoms with van der Waals surface area (Å²) >= 11 is 0. The summed E-state index contributed by atoms with van der Waals surface area (Å²) in [4.78, 5) is 14.9. The summed E-state index contributed by atoms with van der Waals surface area (Å²) in [7, 11) is 1.64. The fourth-order valence-electron chi connectivity index (χ4n) is 3.89. The Morgan fingerprint density at radius 2 is 1.96 bits per heavy atom. The lowest BCUT2D eigenvalue weighted by atomic mass is 10.0. The first-order valence-electron chi connectivity index (χ1n) is 9.68. The summed E-state index contributed by atoms with van der Waals surface area (Å²) in [6.07, 6.45) is 5.43. The minimum atomic E-state index is 0.0148. The summed E-state index contributed by atoms with van der Waals surface area (Å²) in [5, 5.41) is 0. The molecule has 0 aromatic heterocycles. The van der Waals surface area contributed by atoms with E-state index in [0.717, 1.165) is 53.3 Å². The van der Waals surface area contributed by atoms with Gasteiger partial charge < -0.3 is 19.1 Å². The summed E-state index contributed by atoms with van der Waals surface area (Å²) in [5.41, 5.74) is 3.13. The number of methoxy groups -OCH3 is 1. The fourth-order valence-corrected chi connectivity index (χ4v) is 3.89. The minimum Gasteiger partial charge on any atom is -0.496 e. The molecule has 2 aromatic carbocycles. The molecule has 2 aromatic rings. The molecule has 0 N–H and O–H groups in total. The van der Waals surface area contributed by atoms with Crippen LogP contribution in [0.3, 0.4) is 0 Å². The number of aryl methyl sites for hydroxylation is 1. The monoisotopic (exact) mass is 379 g/mol. The number of carbonyl (C=O) groups is 1. The van der Waals surface area contributed by atoms with Gasteiger partial charge in [0.25, 0.3) is 0 Å². The summed E-state index contributed by atoms with van der Waals surface area (Å²) in [6.45, 7) is 3.92. The average Bonchev–Trinajstić information content (AvgIpc) is 3.22. The van der Waals surface area contributed by atoms with Crippen LogP contribution >= 0.6 is 0 Å². The van der Waals surface area contributed by atoms with Crippen molar-refractivity contribution in [2.24, 2.45) is 0 Å². The standard InChI is InChI=1S/C23H25NO4/c1-16-5-8-20(26-2)18(14-16)7-10-23(25)24-11-3-4-19(24)17-6-9-21-22(15-17)28-13-12-27-21/h5-10,14-15,19H,3-4,11-13H2,1-2H3. The fraction of sp³-hybridized carbons (Fsp3) is 0.348. The van der Waals surface area contributed by atoms with E-state index >= 15 is 0 Å². The van der Waals surface area contributed by atoms with Crippen molar-refractivity contribution in [2.75, 3.05) is 26.9 Å².